The summed E-state index contributed by atoms with van der Waals surface area (Å²) in [6, 6.07) is 14.9. The third kappa shape index (κ3) is 3.78. The van der Waals surface area contributed by atoms with E-state index in [9.17, 15) is 0 Å². The molecule has 0 aliphatic rings. The fourth-order valence-electron chi connectivity index (χ4n) is 2.61. The molecule has 21 heavy (non-hydrogen) atoms. The molecule has 0 saturated carbocycles. The zero-order chi connectivity index (χ0) is 15.4. The Kier molecular flexibility index (Phi) is 5.27. The average Bonchev–Trinajstić information content (AvgIpc) is 2.46. The summed E-state index contributed by atoms with van der Waals surface area (Å²) in [6.45, 7) is 4.97. The first kappa shape index (κ1) is 15.9. The molecule has 2 rings (SSSR count). The quantitative estimate of drug-likeness (QED) is 0.890. The van der Waals surface area contributed by atoms with E-state index in [4.69, 9.17) is 17.3 Å². The van der Waals surface area contributed by atoms with Crippen LogP contribution in [0.15, 0.2) is 42.5 Å². The molecule has 2 aromatic rings. The van der Waals surface area contributed by atoms with Crippen molar-refractivity contribution < 1.29 is 0 Å². The molecule has 0 heterocycles. The molecule has 0 spiro atoms. The Labute approximate surface area is 132 Å². The first-order chi connectivity index (χ1) is 10.0. The van der Waals surface area contributed by atoms with E-state index >= 15 is 0 Å². The molecule has 2 N–H and O–H groups in total. The van der Waals surface area contributed by atoms with Gasteiger partial charge in [-0.2, -0.15) is 0 Å². The lowest BCUT2D eigenvalue weighted by Crippen LogP contribution is -2.23. The zero-order valence-corrected chi connectivity index (χ0v) is 13.7. The van der Waals surface area contributed by atoms with Crippen molar-refractivity contribution in [1.29, 1.82) is 0 Å². The van der Waals surface area contributed by atoms with Gasteiger partial charge in [-0.05, 0) is 56.1 Å². The van der Waals surface area contributed by atoms with Crippen LogP contribution in [0.2, 0.25) is 5.02 Å². The molecule has 0 aliphatic heterocycles. The van der Waals surface area contributed by atoms with Gasteiger partial charge in [0.15, 0.2) is 0 Å². The maximum Gasteiger partial charge on any atom is 0.0511 e. The Hall–Kier alpha value is -1.51. The van der Waals surface area contributed by atoms with E-state index in [0.29, 0.717) is 6.54 Å². The van der Waals surface area contributed by atoms with E-state index in [2.05, 4.69) is 50.1 Å². The number of anilines is 1. The van der Waals surface area contributed by atoms with E-state index in [1.807, 2.05) is 18.2 Å². The number of hydrogen-bond acceptors (Lipinski definition) is 2. The Morgan fingerprint density at radius 2 is 1.95 bits per heavy atom. The fourth-order valence-corrected chi connectivity index (χ4v) is 2.81. The van der Waals surface area contributed by atoms with E-state index in [1.165, 1.54) is 22.4 Å². The van der Waals surface area contributed by atoms with E-state index in [1.54, 1.807) is 0 Å². The van der Waals surface area contributed by atoms with Crippen molar-refractivity contribution >= 4 is 17.3 Å². The van der Waals surface area contributed by atoms with Crippen LogP contribution in [-0.4, -0.2) is 13.6 Å². The maximum atomic E-state index is 6.11. The Bertz CT molecular complexity index is 610. The van der Waals surface area contributed by atoms with Crippen molar-refractivity contribution in [2.45, 2.75) is 26.3 Å². The van der Waals surface area contributed by atoms with Crippen molar-refractivity contribution in [3.05, 3.63) is 64.2 Å². The molecule has 0 radical (unpaired) electrons. The van der Waals surface area contributed by atoms with Crippen LogP contribution in [0.5, 0.6) is 0 Å². The highest BCUT2D eigenvalue weighted by molar-refractivity contribution is 6.30. The normalized spacial score (nSPS) is 12.2. The first-order valence-corrected chi connectivity index (χ1v) is 7.68. The monoisotopic (exact) mass is 302 g/mol. The van der Waals surface area contributed by atoms with Gasteiger partial charge in [0.05, 0.1) is 6.04 Å². The van der Waals surface area contributed by atoms with Crippen LogP contribution in [0.25, 0.3) is 0 Å². The molecule has 1 unspecified atom stereocenters. The number of nitrogens with zero attached hydrogens (tertiary/aromatic N) is 1. The summed E-state index contributed by atoms with van der Waals surface area (Å²) >= 11 is 6.11. The molecule has 2 aromatic carbocycles. The molecule has 0 saturated heterocycles. The maximum absolute atomic E-state index is 6.11. The van der Waals surface area contributed by atoms with Gasteiger partial charge in [0.1, 0.15) is 0 Å². The van der Waals surface area contributed by atoms with Gasteiger partial charge in [0, 0.05) is 17.8 Å². The third-order valence-corrected chi connectivity index (χ3v) is 4.18. The van der Waals surface area contributed by atoms with Crippen LogP contribution in [0.3, 0.4) is 0 Å². The van der Waals surface area contributed by atoms with E-state index in [-0.39, 0.29) is 6.04 Å². The van der Waals surface area contributed by atoms with E-state index < -0.39 is 0 Å². The lowest BCUT2D eigenvalue weighted by molar-refractivity contribution is 0.734. The molecular formula is C18H23ClN2. The summed E-state index contributed by atoms with van der Waals surface area (Å²) in [5.74, 6) is 0. The van der Waals surface area contributed by atoms with Crippen LogP contribution in [0.4, 0.5) is 5.69 Å². The van der Waals surface area contributed by atoms with Crippen molar-refractivity contribution in [3.8, 4) is 0 Å². The lowest BCUT2D eigenvalue weighted by Gasteiger charge is -2.30. The summed E-state index contributed by atoms with van der Waals surface area (Å²) in [7, 11) is 2.12. The van der Waals surface area contributed by atoms with Crippen LogP contribution in [0, 0.1) is 6.92 Å². The molecular weight excluding hydrogens is 280 g/mol. The summed E-state index contributed by atoms with van der Waals surface area (Å²) in [5, 5.41) is 0.777. The van der Waals surface area contributed by atoms with Gasteiger partial charge in [0.2, 0.25) is 0 Å². The topological polar surface area (TPSA) is 29.3 Å². The molecule has 2 nitrogen and oxygen atoms in total. The van der Waals surface area contributed by atoms with Crippen LogP contribution < -0.4 is 10.6 Å². The predicted octanol–water partition coefficient (Wildman–Crippen LogP) is 4.35. The van der Waals surface area contributed by atoms with Gasteiger partial charge in [-0.3, -0.25) is 0 Å². The summed E-state index contributed by atoms with van der Waals surface area (Å²) in [6.07, 6.45) is 0.892. The molecule has 112 valence electrons. The number of halogens is 1. The SMILES string of the molecule is Cc1ccc(N(C)C(C)c2cccc(Cl)c2)c(CCN)c1. The summed E-state index contributed by atoms with van der Waals surface area (Å²) in [5.41, 5.74) is 10.8. The second-order valence-corrected chi connectivity index (χ2v) is 5.95. The van der Waals surface area contributed by atoms with Crippen molar-refractivity contribution in [2.75, 3.05) is 18.5 Å². The zero-order valence-electron chi connectivity index (χ0n) is 12.9. The fraction of sp³-hybridized carbons (Fsp3) is 0.333. The van der Waals surface area contributed by atoms with Gasteiger partial charge in [0.25, 0.3) is 0 Å². The van der Waals surface area contributed by atoms with Crippen molar-refractivity contribution in [3.63, 3.8) is 0 Å². The highest BCUT2D eigenvalue weighted by Gasteiger charge is 2.15. The Balaban J connectivity index is 2.32. The van der Waals surface area contributed by atoms with Crippen LogP contribution in [-0.2, 0) is 6.42 Å². The summed E-state index contributed by atoms with van der Waals surface area (Å²) in [4.78, 5) is 2.29. The van der Waals surface area contributed by atoms with Crippen molar-refractivity contribution in [2.24, 2.45) is 5.73 Å². The van der Waals surface area contributed by atoms with Crippen molar-refractivity contribution in [1.82, 2.24) is 0 Å². The van der Waals surface area contributed by atoms with Crippen LogP contribution in [0.1, 0.15) is 29.7 Å². The number of rotatable bonds is 5. The van der Waals surface area contributed by atoms with Gasteiger partial charge < -0.3 is 10.6 Å². The molecule has 0 amide bonds. The molecule has 0 bridgehead atoms. The predicted molar refractivity (Wildman–Crippen MR) is 92.2 cm³/mol. The first-order valence-electron chi connectivity index (χ1n) is 7.31. The van der Waals surface area contributed by atoms with Gasteiger partial charge in [-0.25, -0.2) is 0 Å². The van der Waals surface area contributed by atoms with Gasteiger partial charge in [-0.1, -0.05) is 41.4 Å². The van der Waals surface area contributed by atoms with E-state index in [0.717, 1.165) is 11.4 Å². The summed E-state index contributed by atoms with van der Waals surface area (Å²) < 4.78 is 0. The molecule has 0 fully saturated rings. The largest absolute Gasteiger partial charge is 0.368 e. The molecule has 0 aromatic heterocycles. The second-order valence-electron chi connectivity index (χ2n) is 5.51. The Morgan fingerprint density at radius 1 is 1.19 bits per heavy atom. The van der Waals surface area contributed by atoms with Crippen LogP contribution >= 0.6 is 11.6 Å². The minimum Gasteiger partial charge on any atom is -0.368 e. The third-order valence-electron chi connectivity index (χ3n) is 3.94. The number of benzene rings is 2. The lowest BCUT2D eigenvalue weighted by atomic mass is 10.0. The Morgan fingerprint density at radius 3 is 2.62 bits per heavy atom. The highest BCUT2D eigenvalue weighted by atomic mass is 35.5. The average molecular weight is 303 g/mol. The number of aryl methyl sites for hydroxylation is 1. The smallest absolute Gasteiger partial charge is 0.0511 e. The standard InChI is InChI=1S/C18H23ClN2/c1-13-7-8-18(16(11-13)9-10-20)21(3)14(2)15-5-4-6-17(19)12-15/h4-8,11-12,14H,9-10,20H2,1-3H3. The molecule has 3 heteroatoms. The number of hydrogen-bond donors (Lipinski definition) is 1. The second kappa shape index (κ2) is 6.97. The minimum absolute atomic E-state index is 0.253. The van der Waals surface area contributed by atoms with Gasteiger partial charge in [-0.15, -0.1) is 0 Å². The highest BCUT2D eigenvalue weighted by Crippen LogP contribution is 2.30. The minimum atomic E-state index is 0.253. The molecule has 0 aliphatic carbocycles. The van der Waals surface area contributed by atoms with Gasteiger partial charge >= 0.3 is 0 Å². The molecule has 1 atom stereocenters. The number of nitrogens with two attached hydrogens (primary N) is 1.